The smallest absolute Gasteiger partial charge is 0.311 e. The van der Waals surface area contributed by atoms with E-state index in [0.717, 1.165) is 16.4 Å². The second kappa shape index (κ2) is 7.75. The van der Waals surface area contributed by atoms with Gasteiger partial charge in [-0.1, -0.05) is 30.3 Å². The number of imide groups is 1. The Morgan fingerprint density at radius 3 is 2.23 bits per heavy atom. The Morgan fingerprint density at radius 2 is 1.60 bits per heavy atom. The molecule has 3 aromatic carbocycles. The number of nitro benzene ring substituents is 1. The predicted octanol–water partition coefficient (Wildman–Crippen LogP) is 3.73. The van der Waals surface area contributed by atoms with E-state index >= 15 is 0 Å². The van der Waals surface area contributed by atoms with E-state index in [-0.39, 0.29) is 30.8 Å². The molecule has 0 fully saturated rings. The molecule has 0 bridgehead atoms. The van der Waals surface area contributed by atoms with Gasteiger partial charge in [0.25, 0.3) is 17.5 Å². The molecule has 3 aromatic rings. The van der Waals surface area contributed by atoms with Crippen LogP contribution in [0.25, 0.3) is 10.8 Å². The number of nitro groups is 1. The van der Waals surface area contributed by atoms with E-state index in [2.05, 4.69) is 0 Å². The van der Waals surface area contributed by atoms with Gasteiger partial charge in [0.15, 0.2) is 0 Å². The molecule has 0 aromatic heterocycles. The van der Waals surface area contributed by atoms with Crippen molar-refractivity contribution >= 4 is 34.2 Å². The van der Waals surface area contributed by atoms with Crippen molar-refractivity contribution in [2.45, 2.75) is 12.8 Å². The third-order valence-corrected chi connectivity index (χ3v) is 4.88. The van der Waals surface area contributed by atoms with E-state index in [4.69, 9.17) is 4.74 Å². The van der Waals surface area contributed by atoms with E-state index in [1.165, 1.54) is 18.2 Å². The zero-order valence-electron chi connectivity index (χ0n) is 15.7. The predicted molar refractivity (Wildman–Crippen MR) is 107 cm³/mol. The van der Waals surface area contributed by atoms with E-state index in [0.29, 0.717) is 16.5 Å². The van der Waals surface area contributed by atoms with Crippen LogP contribution >= 0.6 is 0 Å². The minimum atomic E-state index is -0.602. The summed E-state index contributed by atoms with van der Waals surface area (Å²) in [5.74, 6) is -1.32. The molecule has 1 aliphatic heterocycles. The third kappa shape index (κ3) is 3.50. The first-order valence-corrected chi connectivity index (χ1v) is 9.29. The molecule has 1 heterocycles. The van der Waals surface area contributed by atoms with Crippen molar-refractivity contribution in [3.05, 3.63) is 81.9 Å². The molecule has 30 heavy (non-hydrogen) atoms. The Labute approximate surface area is 170 Å². The minimum absolute atomic E-state index is 0.0500. The van der Waals surface area contributed by atoms with Crippen LogP contribution in [-0.4, -0.2) is 34.2 Å². The van der Waals surface area contributed by atoms with Crippen LogP contribution in [0.3, 0.4) is 0 Å². The Kier molecular flexibility index (Phi) is 4.97. The van der Waals surface area contributed by atoms with Crippen LogP contribution in [0.5, 0.6) is 5.75 Å². The highest BCUT2D eigenvalue weighted by Crippen LogP contribution is 2.30. The standard InChI is InChI=1S/C22H16N2O6/c25-19(30-16-8-3-7-15(13-16)24(28)29)11-4-12-23-21(26)17-9-1-5-14-6-2-10-18(20(14)17)22(23)27/h1-3,5-10,13H,4,11-12H2. The highest BCUT2D eigenvalue weighted by molar-refractivity contribution is 6.25. The maximum Gasteiger partial charge on any atom is 0.311 e. The summed E-state index contributed by atoms with van der Waals surface area (Å²) in [4.78, 5) is 49.0. The average Bonchev–Trinajstić information content (AvgIpc) is 2.74. The molecular weight excluding hydrogens is 388 g/mol. The maximum atomic E-state index is 12.8. The minimum Gasteiger partial charge on any atom is -0.426 e. The topological polar surface area (TPSA) is 107 Å². The van der Waals surface area contributed by atoms with Crippen molar-refractivity contribution in [2.75, 3.05) is 6.54 Å². The molecule has 0 saturated carbocycles. The average molecular weight is 404 g/mol. The molecule has 0 atom stereocenters. The molecule has 8 nitrogen and oxygen atoms in total. The van der Waals surface area contributed by atoms with E-state index in [9.17, 15) is 24.5 Å². The molecule has 0 radical (unpaired) electrons. The lowest BCUT2D eigenvalue weighted by molar-refractivity contribution is -0.384. The number of benzene rings is 3. The highest BCUT2D eigenvalue weighted by atomic mass is 16.6. The van der Waals surface area contributed by atoms with Crippen molar-refractivity contribution < 1.29 is 24.0 Å². The van der Waals surface area contributed by atoms with Gasteiger partial charge in [-0.15, -0.1) is 0 Å². The van der Waals surface area contributed by atoms with Crippen LogP contribution in [0.4, 0.5) is 5.69 Å². The molecule has 2 amide bonds. The van der Waals surface area contributed by atoms with Crippen molar-refractivity contribution in [1.82, 2.24) is 4.90 Å². The Hall–Kier alpha value is -4.07. The fourth-order valence-corrected chi connectivity index (χ4v) is 3.51. The molecule has 0 unspecified atom stereocenters. The van der Waals surface area contributed by atoms with Gasteiger partial charge in [0.2, 0.25) is 0 Å². The summed E-state index contributed by atoms with van der Waals surface area (Å²) in [6, 6.07) is 15.9. The molecule has 0 spiro atoms. The first-order chi connectivity index (χ1) is 14.5. The summed E-state index contributed by atoms with van der Waals surface area (Å²) in [5, 5.41) is 12.3. The Morgan fingerprint density at radius 1 is 0.967 bits per heavy atom. The molecular formula is C22H16N2O6. The second-order valence-electron chi connectivity index (χ2n) is 6.80. The van der Waals surface area contributed by atoms with Crippen LogP contribution < -0.4 is 4.74 Å². The van der Waals surface area contributed by atoms with Crippen molar-refractivity contribution in [2.24, 2.45) is 0 Å². The van der Waals surface area contributed by atoms with E-state index in [1.807, 2.05) is 12.1 Å². The number of nitrogens with zero attached hydrogens (tertiary/aromatic N) is 2. The lowest BCUT2D eigenvalue weighted by atomic mass is 9.94. The highest BCUT2D eigenvalue weighted by Gasteiger charge is 2.32. The SMILES string of the molecule is O=C(CCCN1C(=O)c2cccc3cccc(c23)C1=O)Oc1cccc([N+](=O)[O-])c1. The van der Waals surface area contributed by atoms with Crippen molar-refractivity contribution in [3.8, 4) is 5.75 Å². The van der Waals surface area contributed by atoms with E-state index < -0.39 is 22.7 Å². The van der Waals surface area contributed by atoms with Crippen LogP contribution in [0.2, 0.25) is 0 Å². The molecule has 4 rings (SSSR count). The largest absolute Gasteiger partial charge is 0.426 e. The summed E-state index contributed by atoms with van der Waals surface area (Å²) in [5.41, 5.74) is 0.737. The van der Waals surface area contributed by atoms with Crippen LogP contribution in [0.15, 0.2) is 60.7 Å². The zero-order chi connectivity index (χ0) is 21.3. The fraction of sp³-hybridized carbons (Fsp3) is 0.136. The Bertz CT molecular complexity index is 1150. The van der Waals surface area contributed by atoms with Crippen LogP contribution in [0.1, 0.15) is 33.6 Å². The number of carbonyl (C=O) groups excluding carboxylic acids is 3. The maximum absolute atomic E-state index is 12.8. The normalized spacial score (nSPS) is 12.9. The summed E-state index contributed by atoms with van der Waals surface area (Å²) in [7, 11) is 0. The van der Waals surface area contributed by atoms with Gasteiger partial charge in [0, 0.05) is 35.5 Å². The van der Waals surface area contributed by atoms with Gasteiger partial charge >= 0.3 is 5.97 Å². The van der Waals surface area contributed by atoms with Gasteiger partial charge in [-0.2, -0.15) is 0 Å². The zero-order valence-corrected chi connectivity index (χ0v) is 15.7. The van der Waals surface area contributed by atoms with Crippen molar-refractivity contribution in [3.63, 3.8) is 0 Å². The van der Waals surface area contributed by atoms with Gasteiger partial charge in [-0.3, -0.25) is 29.4 Å². The number of rotatable bonds is 6. The van der Waals surface area contributed by atoms with Crippen LogP contribution in [-0.2, 0) is 4.79 Å². The molecule has 8 heteroatoms. The second-order valence-corrected chi connectivity index (χ2v) is 6.80. The first kappa shape index (κ1) is 19.3. The van der Waals surface area contributed by atoms with Gasteiger partial charge in [0.05, 0.1) is 11.0 Å². The van der Waals surface area contributed by atoms with E-state index in [1.54, 1.807) is 24.3 Å². The van der Waals surface area contributed by atoms with Gasteiger partial charge in [-0.05, 0) is 30.0 Å². The first-order valence-electron chi connectivity index (χ1n) is 9.29. The number of ether oxygens (including phenoxy) is 1. The lowest BCUT2D eigenvalue weighted by Crippen LogP contribution is -2.41. The summed E-state index contributed by atoms with van der Waals surface area (Å²) in [6.07, 6.45) is 0.162. The number of non-ortho nitro benzene ring substituents is 1. The van der Waals surface area contributed by atoms with Crippen molar-refractivity contribution in [1.29, 1.82) is 0 Å². The number of hydrogen-bond donors (Lipinski definition) is 0. The third-order valence-electron chi connectivity index (χ3n) is 4.88. The summed E-state index contributed by atoms with van der Waals surface area (Å²) >= 11 is 0. The number of carbonyl (C=O) groups is 3. The summed E-state index contributed by atoms with van der Waals surface area (Å²) in [6.45, 7) is 0.0619. The number of hydrogen-bond acceptors (Lipinski definition) is 6. The molecule has 0 N–H and O–H groups in total. The fourth-order valence-electron chi connectivity index (χ4n) is 3.51. The number of amides is 2. The molecule has 0 saturated heterocycles. The Balaban J connectivity index is 1.41. The van der Waals surface area contributed by atoms with Gasteiger partial charge < -0.3 is 4.74 Å². The molecule has 1 aliphatic rings. The number of esters is 1. The summed E-state index contributed by atoms with van der Waals surface area (Å²) < 4.78 is 5.12. The van der Waals surface area contributed by atoms with Gasteiger partial charge in [0.1, 0.15) is 5.75 Å². The van der Waals surface area contributed by atoms with Crippen LogP contribution in [0, 0.1) is 10.1 Å². The quantitative estimate of drug-likeness (QED) is 0.204. The monoisotopic (exact) mass is 404 g/mol. The molecule has 0 aliphatic carbocycles. The van der Waals surface area contributed by atoms with Gasteiger partial charge in [-0.25, -0.2) is 0 Å². The lowest BCUT2D eigenvalue weighted by Gasteiger charge is -2.27. The molecule has 150 valence electrons.